The number of carboxylic acid groups (broad SMARTS) is 1. The monoisotopic (exact) mass is 516 g/mol. The molecule has 0 unspecified atom stereocenters. The highest BCUT2D eigenvalue weighted by atomic mass is 16.6. The molecule has 0 aliphatic rings. The Hall–Kier alpha value is -2.94. The van der Waals surface area contributed by atoms with Crippen molar-refractivity contribution in [2.24, 2.45) is 34.8 Å². The number of ether oxygens (including phenoxy) is 1. The molecular weight excluding hydrogens is 476 g/mol. The summed E-state index contributed by atoms with van der Waals surface area (Å²) in [6.45, 7) is 5.81. The summed E-state index contributed by atoms with van der Waals surface area (Å²) in [5.41, 5.74) is 22.6. The summed E-state index contributed by atoms with van der Waals surface area (Å²) in [6, 6.07) is -5.00. The number of carboxylic acids is 1. The van der Waals surface area contributed by atoms with E-state index in [0.29, 0.717) is 30.7 Å². The Morgan fingerprint density at radius 3 is 1.94 bits per heavy atom. The van der Waals surface area contributed by atoms with E-state index in [1.165, 1.54) is 0 Å². The van der Waals surface area contributed by atoms with E-state index in [9.17, 15) is 28.8 Å². The molecule has 3 amide bonds. The average molecular weight is 517 g/mol. The van der Waals surface area contributed by atoms with Crippen molar-refractivity contribution in [2.45, 2.75) is 77.5 Å². The quantitative estimate of drug-likeness (QED) is 0.0770. The normalized spacial score (nSPS) is 14.5. The first-order valence-corrected chi connectivity index (χ1v) is 11.7. The molecule has 4 atom stereocenters. The smallest absolute Gasteiger partial charge is 0.336 e. The Balaban J connectivity index is 5.49. The van der Waals surface area contributed by atoms with Gasteiger partial charge in [-0.1, -0.05) is 34.1 Å². The first-order valence-electron chi connectivity index (χ1n) is 11.7. The van der Waals surface area contributed by atoms with Gasteiger partial charge >= 0.3 is 17.9 Å². The molecule has 0 saturated heterocycles. The number of rotatable bonds is 15. The van der Waals surface area contributed by atoms with Crippen LogP contribution in [0.4, 0.5) is 0 Å². The van der Waals surface area contributed by atoms with E-state index in [4.69, 9.17) is 32.8 Å². The van der Waals surface area contributed by atoms with Crippen LogP contribution in [0.25, 0.3) is 0 Å². The van der Waals surface area contributed by atoms with Crippen molar-refractivity contribution in [1.82, 2.24) is 10.2 Å². The average Bonchev–Trinajstić information content (AvgIpc) is 2.78. The number of unbranched alkanes of at least 4 members (excludes halogenated alkanes) is 1. The molecule has 0 saturated carbocycles. The summed E-state index contributed by atoms with van der Waals surface area (Å²) in [7, 11) is 0. The third-order valence-corrected chi connectivity index (χ3v) is 5.27. The van der Waals surface area contributed by atoms with Crippen molar-refractivity contribution in [1.29, 1.82) is 0 Å². The molecule has 0 aromatic rings. The zero-order chi connectivity index (χ0) is 28.2. The lowest BCUT2D eigenvalue weighted by Crippen LogP contribution is -2.56. The Morgan fingerprint density at radius 2 is 1.47 bits per heavy atom. The van der Waals surface area contributed by atoms with Crippen molar-refractivity contribution >= 4 is 35.6 Å². The number of nitrogens with two attached hydrogens (primary N) is 4. The van der Waals surface area contributed by atoms with E-state index >= 15 is 0 Å². The molecule has 0 spiro atoms. The number of carbonyl (C=O) groups is 6. The van der Waals surface area contributed by atoms with Gasteiger partial charge in [0.15, 0.2) is 0 Å². The van der Waals surface area contributed by atoms with Crippen LogP contribution in [-0.4, -0.2) is 82.9 Å². The zero-order valence-electron chi connectivity index (χ0n) is 21.3. The minimum absolute atomic E-state index is 0.341. The van der Waals surface area contributed by atoms with Crippen LogP contribution >= 0.6 is 0 Å². The predicted molar refractivity (Wildman–Crippen MR) is 129 cm³/mol. The number of esters is 2. The number of amides is 3. The number of hydrogen-bond acceptors (Lipinski definition) is 11. The van der Waals surface area contributed by atoms with Crippen molar-refractivity contribution in [3.8, 4) is 0 Å². The van der Waals surface area contributed by atoms with Crippen LogP contribution in [0.15, 0.2) is 0 Å². The lowest BCUT2D eigenvalue weighted by atomic mass is 10.0. The first kappa shape index (κ1) is 33.1. The molecule has 36 heavy (non-hydrogen) atoms. The van der Waals surface area contributed by atoms with E-state index in [1.54, 1.807) is 27.7 Å². The molecule has 0 fully saturated rings. The molecule has 206 valence electrons. The largest absolute Gasteiger partial charge is 0.481 e. The van der Waals surface area contributed by atoms with Gasteiger partial charge in [0.2, 0.25) is 17.7 Å². The summed E-state index contributed by atoms with van der Waals surface area (Å²) >= 11 is 0. The summed E-state index contributed by atoms with van der Waals surface area (Å²) in [5.74, 6) is -7.53. The minimum Gasteiger partial charge on any atom is -0.481 e. The second-order valence-electron chi connectivity index (χ2n) is 9.15. The lowest BCUT2D eigenvalue weighted by Gasteiger charge is -2.27. The fourth-order valence-corrected chi connectivity index (χ4v) is 2.94. The molecule has 14 heteroatoms. The summed E-state index contributed by atoms with van der Waals surface area (Å²) < 4.78 is 4.79. The van der Waals surface area contributed by atoms with E-state index < -0.39 is 84.6 Å². The SMILES string of the molecule is CC(C)[C@H](N)C(=O)N(CC(=O)OC(=O)[C@@H](NC(=O)[C@@H](N)CCCCN)C(C)C)C(=O)[C@@H](N)CC(=O)O. The molecular formula is C22H40N6O8. The summed E-state index contributed by atoms with van der Waals surface area (Å²) in [5, 5.41) is 11.3. The minimum atomic E-state index is -1.64. The van der Waals surface area contributed by atoms with Gasteiger partial charge in [-0.3, -0.25) is 24.1 Å². The molecule has 0 aliphatic heterocycles. The second kappa shape index (κ2) is 15.9. The van der Waals surface area contributed by atoms with Crippen molar-refractivity contribution < 1.29 is 38.6 Å². The molecule has 0 bridgehead atoms. The zero-order valence-corrected chi connectivity index (χ0v) is 21.3. The van der Waals surface area contributed by atoms with Gasteiger partial charge in [-0.2, -0.15) is 0 Å². The fourth-order valence-electron chi connectivity index (χ4n) is 2.94. The van der Waals surface area contributed by atoms with Crippen LogP contribution in [0.5, 0.6) is 0 Å². The second-order valence-corrected chi connectivity index (χ2v) is 9.15. The highest BCUT2D eigenvalue weighted by molar-refractivity contribution is 6.04. The molecule has 0 heterocycles. The molecule has 0 rings (SSSR count). The van der Waals surface area contributed by atoms with Crippen LogP contribution in [0.1, 0.15) is 53.4 Å². The van der Waals surface area contributed by atoms with Crippen LogP contribution < -0.4 is 28.3 Å². The Bertz CT molecular complexity index is 803. The van der Waals surface area contributed by atoms with Crippen LogP contribution in [0.2, 0.25) is 0 Å². The van der Waals surface area contributed by atoms with Gasteiger partial charge in [0.25, 0.3) is 0 Å². The third-order valence-electron chi connectivity index (χ3n) is 5.27. The van der Waals surface area contributed by atoms with Crippen LogP contribution in [0, 0.1) is 11.8 Å². The molecule has 0 radical (unpaired) electrons. The first-order chi connectivity index (χ1) is 16.6. The molecule has 0 aromatic carbocycles. The highest BCUT2D eigenvalue weighted by Gasteiger charge is 2.36. The van der Waals surface area contributed by atoms with Crippen molar-refractivity contribution in [3.05, 3.63) is 0 Å². The van der Waals surface area contributed by atoms with Gasteiger partial charge in [0, 0.05) is 0 Å². The molecule has 0 aliphatic carbocycles. The number of carbonyl (C=O) groups excluding carboxylic acids is 5. The van der Waals surface area contributed by atoms with Gasteiger partial charge in [0.05, 0.1) is 24.5 Å². The Kier molecular flexibility index (Phi) is 14.6. The van der Waals surface area contributed by atoms with Gasteiger partial charge in [-0.05, 0) is 31.2 Å². The Labute approximate surface area is 210 Å². The molecule has 14 nitrogen and oxygen atoms in total. The predicted octanol–water partition coefficient (Wildman–Crippen LogP) is -2.21. The van der Waals surface area contributed by atoms with Crippen molar-refractivity contribution in [2.75, 3.05) is 13.1 Å². The number of nitrogens with zero attached hydrogens (tertiary/aromatic N) is 1. The maximum atomic E-state index is 12.7. The molecule has 0 aromatic heterocycles. The standard InChI is InChI=1S/C22H40N6O8/c1-11(2)17(26)21(34)28(20(33)14(25)9-15(29)30)10-16(31)36-22(35)18(12(3)4)27-19(32)13(24)7-5-6-8-23/h11-14,17-18H,5-10,23-26H2,1-4H3,(H,27,32)(H,29,30)/t13-,14-,17-,18-/m0/s1. The van der Waals surface area contributed by atoms with E-state index in [0.717, 1.165) is 0 Å². The number of aliphatic carboxylic acids is 1. The summed E-state index contributed by atoms with van der Waals surface area (Å²) in [6.07, 6.45) is 0.824. The Morgan fingerprint density at radius 1 is 0.889 bits per heavy atom. The van der Waals surface area contributed by atoms with Gasteiger partial charge < -0.3 is 38.1 Å². The third kappa shape index (κ3) is 11.2. The number of nitrogens with one attached hydrogen (secondary N) is 1. The van der Waals surface area contributed by atoms with E-state index in [-0.39, 0.29) is 0 Å². The number of hydrogen-bond donors (Lipinski definition) is 6. The van der Waals surface area contributed by atoms with Gasteiger partial charge in [-0.15, -0.1) is 0 Å². The van der Waals surface area contributed by atoms with Gasteiger partial charge in [-0.25, -0.2) is 9.59 Å². The van der Waals surface area contributed by atoms with Gasteiger partial charge in [0.1, 0.15) is 12.6 Å². The van der Waals surface area contributed by atoms with E-state index in [1.807, 2.05) is 0 Å². The maximum absolute atomic E-state index is 12.7. The topological polar surface area (TPSA) is 251 Å². The summed E-state index contributed by atoms with van der Waals surface area (Å²) in [4.78, 5) is 74.1. The lowest BCUT2D eigenvalue weighted by molar-refractivity contribution is -0.167. The number of imide groups is 1. The van der Waals surface area contributed by atoms with Crippen LogP contribution in [-0.2, 0) is 33.5 Å². The highest BCUT2D eigenvalue weighted by Crippen LogP contribution is 2.10. The fraction of sp³-hybridized carbons (Fsp3) is 0.727. The van der Waals surface area contributed by atoms with E-state index in [2.05, 4.69) is 5.32 Å². The maximum Gasteiger partial charge on any atom is 0.336 e. The van der Waals surface area contributed by atoms with Crippen LogP contribution in [0.3, 0.4) is 0 Å². The molecule has 10 N–H and O–H groups in total. The van der Waals surface area contributed by atoms with Crippen molar-refractivity contribution in [3.63, 3.8) is 0 Å².